The number of anilines is 1. The van der Waals surface area contributed by atoms with Crippen molar-refractivity contribution in [1.29, 1.82) is 0 Å². The number of fused-ring (bicyclic) bond motifs is 1. The number of carbonyl (C=O) groups excluding carboxylic acids is 1. The molecule has 0 spiro atoms. The van der Waals surface area contributed by atoms with Gasteiger partial charge in [0.2, 0.25) is 5.91 Å². The number of methoxy groups -OCH3 is 1. The van der Waals surface area contributed by atoms with Gasteiger partial charge in [-0.25, -0.2) is 4.98 Å². The lowest BCUT2D eigenvalue weighted by Crippen LogP contribution is -2.39. The van der Waals surface area contributed by atoms with Crippen molar-refractivity contribution in [2.75, 3.05) is 57.2 Å². The van der Waals surface area contributed by atoms with Gasteiger partial charge in [-0.2, -0.15) is 0 Å². The van der Waals surface area contributed by atoms with Crippen molar-refractivity contribution >= 4 is 44.4 Å². The van der Waals surface area contributed by atoms with E-state index in [-0.39, 0.29) is 5.91 Å². The van der Waals surface area contributed by atoms with E-state index in [9.17, 15) is 4.79 Å². The van der Waals surface area contributed by atoms with Gasteiger partial charge in [-0.1, -0.05) is 17.4 Å². The van der Waals surface area contributed by atoms with Crippen LogP contribution in [-0.2, 0) is 9.53 Å². The molecular weight excluding hydrogens is 466 g/mol. The zero-order chi connectivity index (χ0) is 23.9. The van der Waals surface area contributed by atoms with Crippen molar-refractivity contribution in [3.8, 4) is 5.75 Å². The molecule has 0 N–H and O–H groups in total. The molecule has 4 rings (SSSR count). The average molecular weight is 500 g/mol. The molecule has 3 aromatic rings. The van der Waals surface area contributed by atoms with Crippen molar-refractivity contribution < 1.29 is 14.3 Å². The Morgan fingerprint density at radius 3 is 2.71 bits per heavy atom. The van der Waals surface area contributed by atoms with Crippen LogP contribution in [0.25, 0.3) is 10.2 Å². The van der Waals surface area contributed by atoms with Crippen LogP contribution in [0.15, 0.2) is 41.3 Å². The quantitative estimate of drug-likeness (QED) is 0.359. The van der Waals surface area contributed by atoms with E-state index in [1.54, 1.807) is 30.2 Å². The van der Waals surface area contributed by atoms with E-state index in [1.165, 1.54) is 15.8 Å². The molecule has 0 aliphatic carbocycles. The van der Waals surface area contributed by atoms with Crippen LogP contribution in [0, 0.1) is 13.8 Å². The Morgan fingerprint density at radius 2 is 1.97 bits per heavy atom. The number of amides is 1. The first kappa shape index (κ1) is 25.0. The molecule has 1 aliphatic heterocycles. The largest absolute Gasteiger partial charge is 0.497 e. The molecule has 0 unspecified atom stereocenters. The Labute approximate surface area is 210 Å². The van der Waals surface area contributed by atoms with Gasteiger partial charge in [0.15, 0.2) is 5.13 Å². The number of benzene rings is 2. The molecule has 6 nitrogen and oxygen atoms in total. The van der Waals surface area contributed by atoms with Crippen LogP contribution in [0.2, 0.25) is 0 Å². The molecule has 34 heavy (non-hydrogen) atoms. The monoisotopic (exact) mass is 499 g/mol. The molecule has 1 amide bonds. The molecule has 0 atom stereocenters. The second-order valence-corrected chi connectivity index (χ2v) is 10.7. The van der Waals surface area contributed by atoms with Crippen LogP contribution in [0.4, 0.5) is 5.13 Å². The lowest BCUT2D eigenvalue weighted by molar-refractivity contribution is -0.118. The fourth-order valence-corrected chi connectivity index (χ4v) is 6.05. The van der Waals surface area contributed by atoms with Gasteiger partial charge in [-0.15, -0.1) is 11.8 Å². The van der Waals surface area contributed by atoms with Gasteiger partial charge in [0.25, 0.3) is 0 Å². The van der Waals surface area contributed by atoms with Crippen LogP contribution in [0.5, 0.6) is 5.75 Å². The lowest BCUT2D eigenvalue weighted by Gasteiger charge is -2.27. The first-order chi connectivity index (χ1) is 16.5. The molecule has 2 aromatic carbocycles. The van der Waals surface area contributed by atoms with Crippen molar-refractivity contribution in [3.63, 3.8) is 0 Å². The summed E-state index contributed by atoms with van der Waals surface area (Å²) >= 11 is 3.32. The standard InChI is InChI=1S/C26H33N3O3S2/c1-19-17-20(2)25-23(18-19)27-26(34-25)29(11-4-10-28-12-14-32-15-13-28)24(30)9-16-33-22-7-5-21(31-3)6-8-22/h5-8,17-18H,4,9-16H2,1-3H3. The number of rotatable bonds is 10. The Kier molecular flexibility index (Phi) is 8.83. The number of nitrogens with zero attached hydrogens (tertiary/aromatic N) is 3. The van der Waals surface area contributed by atoms with Crippen molar-refractivity contribution in [1.82, 2.24) is 9.88 Å². The fraction of sp³-hybridized carbons (Fsp3) is 0.462. The Morgan fingerprint density at radius 1 is 1.21 bits per heavy atom. The predicted octanol–water partition coefficient (Wildman–Crippen LogP) is 5.16. The summed E-state index contributed by atoms with van der Waals surface area (Å²) in [6.45, 7) is 9.38. The fourth-order valence-electron chi connectivity index (χ4n) is 4.15. The molecule has 182 valence electrons. The van der Waals surface area contributed by atoms with Gasteiger partial charge >= 0.3 is 0 Å². The normalized spacial score (nSPS) is 14.4. The van der Waals surface area contributed by atoms with Crippen LogP contribution >= 0.6 is 23.1 Å². The van der Waals surface area contributed by atoms with Crippen molar-refractivity contribution in [2.45, 2.75) is 31.6 Å². The molecule has 8 heteroatoms. The van der Waals surface area contributed by atoms with Crippen LogP contribution in [0.3, 0.4) is 0 Å². The van der Waals surface area contributed by atoms with Crippen molar-refractivity contribution in [2.24, 2.45) is 0 Å². The smallest absolute Gasteiger partial charge is 0.229 e. The Hall–Kier alpha value is -2.13. The van der Waals surface area contributed by atoms with Crippen LogP contribution in [0.1, 0.15) is 24.0 Å². The Balaban J connectivity index is 1.43. The zero-order valence-corrected chi connectivity index (χ0v) is 21.8. The van der Waals surface area contributed by atoms with E-state index in [0.717, 1.165) is 66.3 Å². The van der Waals surface area contributed by atoms with E-state index < -0.39 is 0 Å². The summed E-state index contributed by atoms with van der Waals surface area (Å²) in [4.78, 5) is 23.7. The minimum absolute atomic E-state index is 0.136. The highest BCUT2D eigenvalue weighted by molar-refractivity contribution is 7.99. The van der Waals surface area contributed by atoms with E-state index in [4.69, 9.17) is 14.5 Å². The summed E-state index contributed by atoms with van der Waals surface area (Å²) in [5.41, 5.74) is 3.40. The van der Waals surface area contributed by atoms with Gasteiger partial charge in [-0.05, 0) is 61.7 Å². The number of aryl methyl sites for hydroxylation is 2. The third-order valence-electron chi connectivity index (χ3n) is 5.94. The molecule has 0 radical (unpaired) electrons. The maximum absolute atomic E-state index is 13.4. The summed E-state index contributed by atoms with van der Waals surface area (Å²) in [7, 11) is 1.67. The third-order valence-corrected chi connectivity index (χ3v) is 8.19. The summed E-state index contributed by atoms with van der Waals surface area (Å²) in [6, 6.07) is 12.3. The van der Waals surface area contributed by atoms with Gasteiger partial charge in [0.1, 0.15) is 5.75 Å². The van der Waals surface area contributed by atoms with Gasteiger partial charge in [0.05, 0.1) is 30.5 Å². The summed E-state index contributed by atoms with van der Waals surface area (Å²) in [5, 5.41) is 0.810. The summed E-state index contributed by atoms with van der Waals surface area (Å²) < 4.78 is 11.9. The summed E-state index contributed by atoms with van der Waals surface area (Å²) in [6.07, 6.45) is 1.40. The molecule has 0 saturated carbocycles. The number of thiazole rings is 1. The average Bonchev–Trinajstić information content (AvgIpc) is 3.27. The summed E-state index contributed by atoms with van der Waals surface area (Å²) in [5.74, 6) is 1.71. The second kappa shape index (κ2) is 12.0. The van der Waals surface area contributed by atoms with E-state index >= 15 is 0 Å². The van der Waals surface area contributed by atoms with Gasteiger partial charge < -0.3 is 9.47 Å². The molecule has 1 aliphatic rings. The van der Waals surface area contributed by atoms with Crippen LogP contribution in [-0.4, -0.2) is 68.0 Å². The van der Waals surface area contributed by atoms with Crippen molar-refractivity contribution in [3.05, 3.63) is 47.5 Å². The van der Waals surface area contributed by atoms with Gasteiger partial charge in [0, 0.05) is 43.2 Å². The lowest BCUT2D eigenvalue weighted by atomic mass is 10.1. The predicted molar refractivity (Wildman–Crippen MR) is 142 cm³/mol. The first-order valence-corrected chi connectivity index (χ1v) is 13.6. The SMILES string of the molecule is COc1ccc(SCCC(=O)N(CCCN2CCOCC2)c2nc3cc(C)cc(C)c3s2)cc1. The second-order valence-electron chi connectivity index (χ2n) is 8.55. The number of carbonyl (C=O) groups is 1. The highest BCUT2D eigenvalue weighted by atomic mass is 32.2. The zero-order valence-electron chi connectivity index (χ0n) is 20.2. The Bertz CT molecular complexity index is 1090. The molecule has 2 heterocycles. The maximum Gasteiger partial charge on any atom is 0.229 e. The molecule has 0 bridgehead atoms. The maximum atomic E-state index is 13.4. The third kappa shape index (κ3) is 6.50. The molecule has 1 aromatic heterocycles. The number of hydrogen-bond acceptors (Lipinski definition) is 7. The topological polar surface area (TPSA) is 54.9 Å². The van der Waals surface area contributed by atoms with E-state index in [0.29, 0.717) is 13.0 Å². The number of thioether (sulfide) groups is 1. The van der Waals surface area contributed by atoms with Gasteiger partial charge in [-0.3, -0.25) is 14.6 Å². The highest BCUT2D eigenvalue weighted by Gasteiger charge is 2.21. The molecule has 1 saturated heterocycles. The number of ether oxygens (including phenoxy) is 2. The van der Waals surface area contributed by atoms with Crippen LogP contribution < -0.4 is 9.64 Å². The minimum Gasteiger partial charge on any atom is -0.497 e. The molecule has 1 fully saturated rings. The highest BCUT2D eigenvalue weighted by Crippen LogP contribution is 2.33. The number of aromatic nitrogens is 1. The van der Waals surface area contributed by atoms with E-state index in [1.807, 2.05) is 29.2 Å². The number of hydrogen-bond donors (Lipinski definition) is 0. The first-order valence-electron chi connectivity index (χ1n) is 11.8. The molecular formula is C26H33N3O3S2. The minimum atomic E-state index is 0.136. The van der Waals surface area contributed by atoms with E-state index in [2.05, 4.69) is 30.9 Å². The number of morpholine rings is 1.